The molecule has 160 valence electrons. The minimum Gasteiger partial charge on any atom is -0.481 e. The van der Waals surface area contributed by atoms with Crippen molar-refractivity contribution in [2.75, 3.05) is 6.61 Å². The first-order valence-electron chi connectivity index (χ1n) is 10.5. The van der Waals surface area contributed by atoms with Gasteiger partial charge in [-0.1, -0.05) is 64.0 Å². The van der Waals surface area contributed by atoms with E-state index in [1.807, 2.05) is 6.08 Å². The summed E-state index contributed by atoms with van der Waals surface area (Å²) >= 11 is 0. The zero-order chi connectivity index (χ0) is 20.5. The molecule has 0 amide bonds. The van der Waals surface area contributed by atoms with Crippen molar-refractivity contribution >= 4 is 5.97 Å². The molecule has 0 aromatic heterocycles. The van der Waals surface area contributed by atoms with E-state index in [1.54, 1.807) is 0 Å². The molecule has 0 radical (unpaired) electrons. The molecular weight excluding hydrogens is 348 g/mol. The van der Waals surface area contributed by atoms with E-state index in [0.29, 0.717) is 12.8 Å². The van der Waals surface area contributed by atoms with Crippen molar-refractivity contribution in [3.05, 3.63) is 12.2 Å². The Hall–Kier alpha value is -0.950. The lowest BCUT2D eigenvalue weighted by atomic mass is 9.92. The van der Waals surface area contributed by atoms with Gasteiger partial charge in [0, 0.05) is 0 Å². The van der Waals surface area contributed by atoms with Gasteiger partial charge in [0.2, 0.25) is 0 Å². The van der Waals surface area contributed by atoms with Gasteiger partial charge in [-0.2, -0.15) is 0 Å². The van der Waals surface area contributed by atoms with Gasteiger partial charge in [-0.3, -0.25) is 4.79 Å². The van der Waals surface area contributed by atoms with E-state index in [2.05, 4.69) is 13.0 Å². The highest BCUT2D eigenvalue weighted by Gasteiger charge is 2.31. The molecule has 0 heterocycles. The van der Waals surface area contributed by atoms with Crippen LogP contribution in [0.4, 0.5) is 0 Å². The average Bonchev–Trinajstić information content (AvgIpc) is 2.65. The van der Waals surface area contributed by atoms with E-state index >= 15 is 0 Å². The molecule has 0 bridgehead atoms. The van der Waals surface area contributed by atoms with Gasteiger partial charge in [0.1, 0.15) is 6.10 Å². The molecule has 0 aliphatic carbocycles. The SMILES string of the molecule is CCCCCCC(O)C/C=C\CCCCCCC(C(=O)O)C(O)C(O)CO. The van der Waals surface area contributed by atoms with E-state index in [1.165, 1.54) is 19.3 Å². The van der Waals surface area contributed by atoms with Crippen LogP contribution in [0.3, 0.4) is 0 Å². The van der Waals surface area contributed by atoms with Crippen molar-refractivity contribution in [1.29, 1.82) is 0 Å². The first kappa shape index (κ1) is 26.1. The molecule has 0 rings (SSSR count). The summed E-state index contributed by atoms with van der Waals surface area (Å²) in [6.45, 7) is 1.53. The fraction of sp³-hybridized carbons (Fsp3) is 0.857. The molecule has 0 saturated heterocycles. The number of aliphatic hydroxyl groups is 4. The van der Waals surface area contributed by atoms with Gasteiger partial charge in [0.25, 0.3) is 0 Å². The Balaban J connectivity index is 3.73. The molecule has 0 aliphatic heterocycles. The molecule has 0 spiro atoms. The van der Waals surface area contributed by atoms with Gasteiger partial charge >= 0.3 is 5.97 Å². The monoisotopic (exact) mass is 388 g/mol. The quantitative estimate of drug-likeness (QED) is 0.182. The number of unbranched alkanes of at least 4 members (excludes halogenated alkanes) is 7. The molecule has 6 nitrogen and oxygen atoms in total. The number of hydrogen-bond acceptors (Lipinski definition) is 5. The molecule has 0 fully saturated rings. The molecule has 0 aromatic carbocycles. The zero-order valence-corrected chi connectivity index (χ0v) is 16.8. The van der Waals surface area contributed by atoms with Crippen LogP contribution in [0.2, 0.25) is 0 Å². The third-order valence-electron chi connectivity index (χ3n) is 4.91. The summed E-state index contributed by atoms with van der Waals surface area (Å²) in [6, 6.07) is 0. The summed E-state index contributed by atoms with van der Waals surface area (Å²) in [5.41, 5.74) is 0. The van der Waals surface area contributed by atoms with Crippen LogP contribution < -0.4 is 0 Å². The third kappa shape index (κ3) is 13.8. The number of allylic oxidation sites excluding steroid dienone is 1. The average molecular weight is 389 g/mol. The van der Waals surface area contributed by atoms with Crippen LogP contribution >= 0.6 is 0 Å². The van der Waals surface area contributed by atoms with Crippen LogP contribution in [0.1, 0.15) is 84.0 Å². The van der Waals surface area contributed by atoms with E-state index < -0.39 is 30.7 Å². The molecule has 0 saturated carbocycles. The molecule has 0 aliphatic rings. The molecule has 4 unspecified atom stereocenters. The molecular formula is C21H40O6. The Kier molecular flexibility index (Phi) is 16.6. The van der Waals surface area contributed by atoms with Gasteiger partial charge in [-0.15, -0.1) is 0 Å². The Labute approximate surface area is 163 Å². The summed E-state index contributed by atoms with van der Waals surface area (Å²) in [5.74, 6) is -2.20. The third-order valence-corrected chi connectivity index (χ3v) is 4.91. The Bertz CT molecular complexity index is 385. The lowest BCUT2D eigenvalue weighted by Crippen LogP contribution is -2.39. The van der Waals surface area contributed by atoms with Crippen molar-refractivity contribution in [3.63, 3.8) is 0 Å². The number of hydrogen-bond donors (Lipinski definition) is 5. The van der Waals surface area contributed by atoms with Crippen molar-refractivity contribution in [2.24, 2.45) is 5.92 Å². The number of rotatable bonds is 18. The number of carbonyl (C=O) groups is 1. The second-order valence-corrected chi connectivity index (χ2v) is 7.39. The van der Waals surface area contributed by atoms with Crippen molar-refractivity contribution in [2.45, 2.75) is 102 Å². The number of carboxylic acids is 1. The molecule has 0 aromatic rings. The van der Waals surface area contributed by atoms with Crippen LogP contribution in [-0.2, 0) is 4.79 Å². The summed E-state index contributed by atoms with van der Waals surface area (Å²) in [5, 5.41) is 47.0. The molecule has 6 heteroatoms. The minimum atomic E-state index is -1.44. The summed E-state index contributed by atoms with van der Waals surface area (Å²) < 4.78 is 0. The molecule has 4 atom stereocenters. The lowest BCUT2D eigenvalue weighted by Gasteiger charge is -2.22. The Morgan fingerprint density at radius 1 is 0.889 bits per heavy atom. The predicted molar refractivity (Wildman–Crippen MR) is 106 cm³/mol. The maximum absolute atomic E-state index is 11.2. The van der Waals surface area contributed by atoms with Gasteiger partial charge in [0.15, 0.2) is 0 Å². The summed E-state index contributed by atoms with van der Waals surface area (Å²) in [7, 11) is 0. The maximum atomic E-state index is 11.2. The van der Waals surface area contributed by atoms with E-state index in [-0.39, 0.29) is 12.5 Å². The fourth-order valence-electron chi connectivity index (χ4n) is 3.09. The second kappa shape index (κ2) is 17.2. The zero-order valence-electron chi connectivity index (χ0n) is 16.8. The van der Waals surface area contributed by atoms with Gasteiger partial charge < -0.3 is 25.5 Å². The number of aliphatic carboxylic acids is 1. The number of carboxylic acid groups (broad SMARTS) is 1. The highest BCUT2D eigenvalue weighted by atomic mass is 16.4. The lowest BCUT2D eigenvalue weighted by molar-refractivity contribution is -0.150. The standard InChI is InChI=1S/C21H40O6/c1-2-3-4-10-13-17(23)14-11-8-6-5-7-9-12-15-18(21(26)27)20(25)19(24)16-22/h8,11,17-20,22-25H,2-7,9-10,12-16H2,1H3,(H,26,27)/b11-8-. The first-order valence-corrected chi connectivity index (χ1v) is 10.5. The first-order chi connectivity index (χ1) is 12.9. The maximum Gasteiger partial charge on any atom is 0.309 e. The summed E-state index contributed by atoms with van der Waals surface area (Å²) in [4.78, 5) is 11.2. The van der Waals surface area contributed by atoms with Gasteiger partial charge in [-0.25, -0.2) is 0 Å². The van der Waals surface area contributed by atoms with Crippen molar-refractivity contribution < 1.29 is 30.3 Å². The number of aliphatic hydroxyl groups excluding tert-OH is 4. The van der Waals surface area contributed by atoms with E-state index in [0.717, 1.165) is 38.5 Å². The highest BCUT2D eigenvalue weighted by molar-refractivity contribution is 5.70. The van der Waals surface area contributed by atoms with Crippen LogP contribution in [0, 0.1) is 5.92 Å². The van der Waals surface area contributed by atoms with E-state index in [9.17, 15) is 20.1 Å². The van der Waals surface area contributed by atoms with Crippen LogP contribution in [0.15, 0.2) is 12.2 Å². The second-order valence-electron chi connectivity index (χ2n) is 7.39. The fourth-order valence-corrected chi connectivity index (χ4v) is 3.09. The predicted octanol–water partition coefficient (Wildman–Crippen LogP) is 3.02. The molecule has 27 heavy (non-hydrogen) atoms. The largest absolute Gasteiger partial charge is 0.481 e. The minimum absolute atomic E-state index is 0.244. The van der Waals surface area contributed by atoms with Crippen LogP contribution in [0.25, 0.3) is 0 Å². The molecule has 5 N–H and O–H groups in total. The topological polar surface area (TPSA) is 118 Å². The van der Waals surface area contributed by atoms with E-state index in [4.69, 9.17) is 10.2 Å². The van der Waals surface area contributed by atoms with Crippen LogP contribution in [-0.4, -0.2) is 56.4 Å². The highest BCUT2D eigenvalue weighted by Crippen LogP contribution is 2.18. The smallest absolute Gasteiger partial charge is 0.309 e. The summed E-state index contributed by atoms with van der Waals surface area (Å²) in [6.07, 6.45) is 12.0. The van der Waals surface area contributed by atoms with Crippen LogP contribution in [0.5, 0.6) is 0 Å². The normalized spacial score (nSPS) is 16.3. The van der Waals surface area contributed by atoms with Crippen molar-refractivity contribution in [3.8, 4) is 0 Å². The van der Waals surface area contributed by atoms with Gasteiger partial charge in [0.05, 0.1) is 24.7 Å². The Morgan fingerprint density at radius 2 is 1.52 bits per heavy atom. The van der Waals surface area contributed by atoms with Gasteiger partial charge in [-0.05, 0) is 32.1 Å². The van der Waals surface area contributed by atoms with Crippen molar-refractivity contribution in [1.82, 2.24) is 0 Å². The Morgan fingerprint density at radius 3 is 2.15 bits per heavy atom.